The number of hydrogen-bond acceptors (Lipinski definition) is 2. The molecule has 1 unspecified atom stereocenters. The van der Waals surface area contributed by atoms with Gasteiger partial charge < -0.3 is 10.1 Å². The summed E-state index contributed by atoms with van der Waals surface area (Å²) in [6.45, 7) is 8.57. The van der Waals surface area contributed by atoms with Gasteiger partial charge in [0.05, 0.1) is 12.7 Å². The summed E-state index contributed by atoms with van der Waals surface area (Å²) in [7, 11) is 0. The predicted molar refractivity (Wildman–Crippen MR) is 65.2 cm³/mol. The van der Waals surface area contributed by atoms with Crippen molar-refractivity contribution < 1.29 is 4.74 Å². The Morgan fingerprint density at radius 1 is 1.27 bits per heavy atom. The summed E-state index contributed by atoms with van der Waals surface area (Å²) in [4.78, 5) is 0. The first-order chi connectivity index (χ1) is 7.18. The van der Waals surface area contributed by atoms with Crippen molar-refractivity contribution in [2.75, 3.05) is 13.2 Å². The molecule has 0 aromatic carbocycles. The zero-order valence-electron chi connectivity index (χ0n) is 10.6. The molecule has 1 N–H and O–H groups in total. The van der Waals surface area contributed by atoms with E-state index < -0.39 is 0 Å². The number of hydrogen-bond donors (Lipinski definition) is 1. The van der Waals surface area contributed by atoms with E-state index in [0.717, 1.165) is 6.61 Å². The third kappa shape index (κ3) is 4.52. The van der Waals surface area contributed by atoms with Crippen LogP contribution in [-0.4, -0.2) is 24.8 Å². The second-order valence-corrected chi connectivity index (χ2v) is 5.13. The smallest absolute Gasteiger partial charge is 0.0651 e. The molecule has 0 radical (unpaired) electrons. The van der Waals surface area contributed by atoms with Crippen LogP contribution in [0.5, 0.6) is 0 Å². The highest BCUT2D eigenvalue weighted by Crippen LogP contribution is 2.24. The zero-order valence-corrected chi connectivity index (χ0v) is 10.6. The van der Waals surface area contributed by atoms with E-state index >= 15 is 0 Å². The number of ether oxygens (including phenoxy) is 1. The average molecular weight is 213 g/mol. The minimum absolute atomic E-state index is 0.273. The normalized spacial score (nSPS) is 28.0. The Balaban J connectivity index is 2.50. The lowest BCUT2D eigenvalue weighted by Crippen LogP contribution is -2.49. The van der Waals surface area contributed by atoms with Gasteiger partial charge in [0.2, 0.25) is 0 Å². The molecule has 0 amide bonds. The molecular weight excluding hydrogens is 186 g/mol. The highest BCUT2D eigenvalue weighted by Gasteiger charge is 2.30. The van der Waals surface area contributed by atoms with Gasteiger partial charge in [0, 0.05) is 5.54 Å². The largest absolute Gasteiger partial charge is 0.377 e. The molecule has 1 aliphatic rings. The second kappa shape index (κ2) is 6.49. The van der Waals surface area contributed by atoms with Crippen molar-refractivity contribution in [1.29, 1.82) is 0 Å². The molecule has 1 fully saturated rings. The summed E-state index contributed by atoms with van der Waals surface area (Å²) < 4.78 is 5.83. The molecular formula is C13H27NO. The van der Waals surface area contributed by atoms with Crippen LogP contribution >= 0.6 is 0 Å². The van der Waals surface area contributed by atoms with Crippen molar-refractivity contribution in [1.82, 2.24) is 5.32 Å². The first-order valence-corrected chi connectivity index (χ1v) is 6.55. The molecule has 1 heterocycles. The summed E-state index contributed by atoms with van der Waals surface area (Å²) in [5.41, 5.74) is 0.273. The van der Waals surface area contributed by atoms with Crippen LogP contribution in [0.15, 0.2) is 0 Å². The molecule has 0 bridgehead atoms. The fraction of sp³-hybridized carbons (Fsp3) is 1.00. The summed E-state index contributed by atoms with van der Waals surface area (Å²) in [5.74, 6) is 0. The third-order valence-corrected chi connectivity index (χ3v) is 3.25. The monoisotopic (exact) mass is 213 g/mol. The molecule has 90 valence electrons. The average Bonchev–Trinajstić information content (AvgIpc) is 2.42. The van der Waals surface area contributed by atoms with E-state index in [1.807, 2.05) is 0 Å². The van der Waals surface area contributed by atoms with Crippen molar-refractivity contribution in [2.45, 2.75) is 70.9 Å². The van der Waals surface area contributed by atoms with Crippen molar-refractivity contribution in [3.63, 3.8) is 0 Å². The van der Waals surface area contributed by atoms with E-state index in [2.05, 4.69) is 26.1 Å². The molecule has 2 heteroatoms. The standard InChI is InChI=1S/C13H27NO/c1-4-8-13(11-15-12(2)3)9-6-5-7-10-14-13/h12,14H,4-11H2,1-3H3. The SMILES string of the molecule is CCCC1(COC(C)C)CCCCCN1. The number of rotatable bonds is 5. The van der Waals surface area contributed by atoms with Crippen LogP contribution in [0.2, 0.25) is 0 Å². The minimum Gasteiger partial charge on any atom is -0.377 e. The van der Waals surface area contributed by atoms with Gasteiger partial charge in [0.15, 0.2) is 0 Å². The fourth-order valence-electron chi connectivity index (χ4n) is 2.42. The van der Waals surface area contributed by atoms with Crippen LogP contribution in [0, 0.1) is 0 Å². The topological polar surface area (TPSA) is 21.3 Å². The molecule has 1 aliphatic heterocycles. The summed E-state index contributed by atoms with van der Waals surface area (Å²) in [6.07, 6.45) is 8.19. The Bertz CT molecular complexity index is 160. The van der Waals surface area contributed by atoms with E-state index in [9.17, 15) is 0 Å². The maximum Gasteiger partial charge on any atom is 0.0651 e. The fourth-order valence-corrected chi connectivity index (χ4v) is 2.42. The van der Waals surface area contributed by atoms with Gasteiger partial charge in [-0.3, -0.25) is 0 Å². The van der Waals surface area contributed by atoms with Crippen molar-refractivity contribution in [3.8, 4) is 0 Å². The molecule has 15 heavy (non-hydrogen) atoms. The lowest BCUT2D eigenvalue weighted by molar-refractivity contribution is 0.0221. The van der Waals surface area contributed by atoms with E-state index in [1.165, 1.54) is 45.1 Å². The number of nitrogens with one attached hydrogen (secondary N) is 1. The van der Waals surface area contributed by atoms with Gasteiger partial charge in [-0.2, -0.15) is 0 Å². The van der Waals surface area contributed by atoms with Crippen LogP contribution in [0.4, 0.5) is 0 Å². The Kier molecular flexibility index (Phi) is 5.62. The third-order valence-electron chi connectivity index (χ3n) is 3.25. The first kappa shape index (κ1) is 13.0. The van der Waals surface area contributed by atoms with Gasteiger partial charge in [0.25, 0.3) is 0 Å². The molecule has 1 rings (SSSR count). The van der Waals surface area contributed by atoms with E-state index in [0.29, 0.717) is 6.10 Å². The molecule has 0 saturated carbocycles. The van der Waals surface area contributed by atoms with E-state index in [1.54, 1.807) is 0 Å². The maximum atomic E-state index is 5.83. The molecule has 0 aliphatic carbocycles. The van der Waals surface area contributed by atoms with Crippen molar-refractivity contribution >= 4 is 0 Å². The quantitative estimate of drug-likeness (QED) is 0.757. The van der Waals surface area contributed by atoms with Gasteiger partial charge >= 0.3 is 0 Å². The van der Waals surface area contributed by atoms with Crippen LogP contribution in [0.25, 0.3) is 0 Å². The van der Waals surface area contributed by atoms with E-state index in [4.69, 9.17) is 4.74 Å². The van der Waals surface area contributed by atoms with Crippen molar-refractivity contribution in [3.05, 3.63) is 0 Å². The van der Waals surface area contributed by atoms with Gasteiger partial charge in [-0.15, -0.1) is 0 Å². The van der Waals surface area contributed by atoms with Gasteiger partial charge in [-0.1, -0.05) is 26.2 Å². The zero-order chi connectivity index (χ0) is 11.1. The van der Waals surface area contributed by atoms with Crippen LogP contribution in [0.3, 0.4) is 0 Å². The van der Waals surface area contributed by atoms with Gasteiger partial charge in [-0.25, -0.2) is 0 Å². The molecule has 2 nitrogen and oxygen atoms in total. The molecule has 1 saturated heterocycles. The van der Waals surface area contributed by atoms with Crippen molar-refractivity contribution in [2.24, 2.45) is 0 Å². The van der Waals surface area contributed by atoms with Gasteiger partial charge in [-0.05, 0) is 39.7 Å². The lowest BCUT2D eigenvalue weighted by Gasteiger charge is -2.34. The predicted octanol–water partition coefficient (Wildman–Crippen LogP) is 3.11. The summed E-state index contributed by atoms with van der Waals surface area (Å²) in [5, 5.41) is 3.73. The maximum absolute atomic E-state index is 5.83. The first-order valence-electron chi connectivity index (χ1n) is 6.55. The van der Waals surface area contributed by atoms with Crippen LogP contribution in [-0.2, 0) is 4.74 Å². The highest BCUT2D eigenvalue weighted by atomic mass is 16.5. The summed E-state index contributed by atoms with van der Waals surface area (Å²) >= 11 is 0. The van der Waals surface area contributed by atoms with Crippen LogP contribution < -0.4 is 5.32 Å². The minimum atomic E-state index is 0.273. The Labute approximate surface area is 94.8 Å². The molecule has 0 aromatic rings. The van der Waals surface area contributed by atoms with Gasteiger partial charge in [0.1, 0.15) is 0 Å². The molecule has 1 atom stereocenters. The Hall–Kier alpha value is -0.0800. The van der Waals surface area contributed by atoms with Crippen LogP contribution in [0.1, 0.15) is 59.3 Å². The van der Waals surface area contributed by atoms with E-state index in [-0.39, 0.29) is 5.54 Å². The Morgan fingerprint density at radius 2 is 2.07 bits per heavy atom. The lowest BCUT2D eigenvalue weighted by atomic mass is 9.89. The molecule has 0 aromatic heterocycles. The highest BCUT2D eigenvalue weighted by molar-refractivity contribution is 4.89. The molecule has 0 spiro atoms. The second-order valence-electron chi connectivity index (χ2n) is 5.13. The Morgan fingerprint density at radius 3 is 2.73 bits per heavy atom. The summed E-state index contributed by atoms with van der Waals surface area (Å²) in [6, 6.07) is 0.